The van der Waals surface area contributed by atoms with Crippen LogP contribution in [-0.2, 0) is 16.2 Å². The molecule has 1 heterocycles. The Labute approximate surface area is 177 Å². The third-order valence-electron chi connectivity index (χ3n) is 4.93. The van der Waals surface area contributed by atoms with Gasteiger partial charge in [0.05, 0.1) is 19.4 Å². The largest absolute Gasteiger partial charge is 0.496 e. The third kappa shape index (κ3) is 5.59. The number of carbonyl (C=O) groups excluding carboxylic acids is 1. The van der Waals surface area contributed by atoms with Gasteiger partial charge in [0.2, 0.25) is 5.91 Å². The van der Waals surface area contributed by atoms with Crippen LogP contribution in [0.4, 0.5) is 4.39 Å². The SMILES string of the molecule is COc1ccccc1C1=NO[C@@H](CN(Cc2ccccc2F)C(=O)CC(C)(C)C)C1. The van der Waals surface area contributed by atoms with Crippen LogP contribution in [0.5, 0.6) is 5.75 Å². The van der Waals surface area contributed by atoms with Crippen LogP contribution in [0.2, 0.25) is 0 Å². The lowest BCUT2D eigenvalue weighted by Gasteiger charge is -2.28. The van der Waals surface area contributed by atoms with Crippen LogP contribution in [0.15, 0.2) is 53.7 Å². The molecule has 2 aromatic rings. The number of ether oxygens (including phenoxy) is 1. The predicted molar refractivity (Wildman–Crippen MR) is 115 cm³/mol. The molecule has 160 valence electrons. The van der Waals surface area contributed by atoms with Gasteiger partial charge in [-0.3, -0.25) is 4.79 Å². The number of benzene rings is 2. The van der Waals surface area contributed by atoms with Gasteiger partial charge < -0.3 is 14.5 Å². The maximum atomic E-state index is 14.2. The second-order valence-electron chi connectivity index (χ2n) is 8.77. The fraction of sp³-hybridized carbons (Fsp3) is 0.417. The Balaban J connectivity index is 1.73. The van der Waals surface area contributed by atoms with Gasteiger partial charge in [-0.05, 0) is 23.6 Å². The van der Waals surface area contributed by atoms with Gasteiger partial charge in [-0.15, -0.1) is 0 Å². The van der Waals surface area contributed by atoms with Crippen molar-refractivity contribution < 1.29 is 18.8 Å². The number of para-hydroxylation sites is 1. The van der Waals surface area contributed by atoms with Crippen molar-refractivity contribution in [3.63, 3.8) is 0 Å². The van der Waals surface area contributed by atoms with Crippen molar-refractivity contribution >= 4 is 11.6 Å². The maximum Gasteiger partial charge on any atom is 0.223 e. The summed E-state index contributed by atoms with van der Waals surface area (Å²) in [5.74, 6) is 0.386. The Hall–Kier alpha value is -2.89. The van der Waals surface area contributed by atoms with Crippen molar-refractivity contribution in [3.8, 4) is 5.75 Å². The lowest BCUT2D eigenvalue weighted by Crippen LogP contribution is -2.39. The Bertz CT molecular complexity index is 921. The Morgan fingerprint density at radius 2 is 1.90 bits per heavy atom. The summed E-state index contributed by atoms with van der Waals surface area (Å²) in [4.78, 5) is 20.3. The van der Waals surface area contributed by atoms with Gasteiger partial charge in [0.1, 0.15) is 11.6 Å². The highest BCUT2D eigenvalue weighted by Crippen LogP contribution is 2.26. The summed E-state index contributed by atoms with van der Waals surface area (Å²) in [5.41, 5.74) is 1.99. The van der Waals surface area contributed by atoms with E-state index in [1.165, 1.54) is 6.07 Å². The molecule has 0 N–H and O–H groups in total. The molecule has 0 saturated heterocycles. The average molecular weight is 413 g/mol. The minimum Gasteiger partial charge on any atom is -0.496 e. The van der Waals surface area contributed by atoms with Gasteiger partial charge in [0.15, 0.2) is 6.10 Å². The second kappa shape index (κ2) is 9.28. The summed E-state index contributed by atoms with van der Waals surface area (Å²) >= 11 is 0. The topological polar surface area (TPSA) is 51.1 Å². The van der Waals surface area contributed by atoms with Crippen LogP contribution in [0, 0.1) is 11.2 Å². The number of halogens is 1. The third-order valence-corrected chi connectivity index (χ3v) is 4.93. The number of methoxy groups -OCH3 is 1. The second-order valence-corrected chi connectivity index (χ2v) is 8.77. The molecule has 1 aliphatic rings. The zero-order valence-corrected chi connectivity index (χ0v) is 18.0. The Morgan fingerprint density at radius 3 is 2.60 bits per heavy atom. The highest BCUT2D eigenvalue weighted by atomic mass is 19.1. The first-order valence-electron chi connectivity index (χ1n) is 10.1. The highest BCUT2D eigenvalue weighted by molar-refractivity contribution is 6.03. The highest BCUT2D eigenvalue weighted by Gasteiger charge is 2.29. The molecule has 1 atom stereocenters. The predicted octanol–water partition coefficient (Wildman–Crippen LogP) is 4.79. The molecule has 0 aliphatic carbocycles. The van der Waals surface area contributed by atoms with Crippen LogP contribution in [0.1, 0.15) is 44.7 Å². The van der Waals surface area contributed by atoms with Crippen molar-refractivity contribution in [2.75, 3.05) is 13.7 Å². The first kappa shape index (κ1) is 21.8. The molecular weight excluding hydrogens is 383 g/mol. The van der Waals surface area contributed by atoms with E-state index >= 15 is 0 Å². The first-order chi connectivity index (χ1) is 14.3. The average Bonchev–Trinajstić information content (AvgIpc) is 3.16. The fourth-order valence-electron chi connectivity index (χ4n) is 3.47. The first-order valence-corrected chi connectivity index (χ1v) is 10.1. The van der Waals surface area contributed by atoms with Crippen LogP contribution < -0.4 is 4.74 Å². The Kier molecular flexibility index (Phi) is 6.75. The van der Waals surface area contributed by atoms with Crippen molar-refractivity contribution in [1.29, 1.82) is 0 Å². The van der Waals surface area contributed by atoms with Crippen LogP contribution in [-0.4, -0.2) is 36.3 Å². The molecule has 1 amide bonds. The molecule has 3 rings (SSSR count). The summed E-state index contributed by atoms with van der Waals surface area (Å²) in [5, 5.41) is 4.23. The van der Waals surface area contributed by atoms with Gasteiger partial charge in [0.25, 0.3) is 0 Å². The molecule has 30 heavy (non-hydrogen) atoms. The van der Waals surface area contributed by atoms with Gasteiger partial charge in [-0.2, -0.15) is 0 Å². The number of hydrogen-bond acceptors (Lipinski definition) is 4. The lowest BCUT2D eigenvalue weighted by molar-refractivity contribution is -0.135. The Morgan fingerprint density at radius 1 is 1.20 bits per heavy atom. The van der Waals surface area contributed by atoms with E-state index in [1.54, 1.807) is 30.2 Å². The quantitative estimate of drug-likeness (QED) is 0.657. The standard InChI is InChI=1S/C24H29FN2O3/c1-24(2,3)14-23(28)27(15-17-9-5-7-11-20(17)25)16-18-13-21(26-30-18)19-10-6-8-12-22(19)29-4/h5-12,18H,13-16H2,1-4H3/t18-/m1/s1. The maximum absolute atomic E-state index is 14.2. The van der Waals surface area contributed by atoms with E-state index in [1.807, 2.05) is 45.0 Å². The van der Waals surface area contributed by atoms with Gasteiger partial charge in [-0.1, -0.05) is 56.3 Å². The number of rotatable bonds is 7. The number of amides is 1. The van der Waals surface area contributed by atoms with E-state index < -0.39 is 0 Å². The number of nitrogens with zero attached hydrogens (tertiary/aromatic N) is 2. The molecular formula is C24H29FN2O3. The van der Waals surface area contributed by atoms with E-state index in [9.17, 15) is 9.18 Å². The molecule has 6 heteroatoms. The molecule has 5 nitrogen and oxygen atoms in total. The van der Waals surface area contributed by atoms with E-state index in [4.69, 9.17) is 9.57 Å². The van der Waals surface area contributed by atoms with Gasteiger partial charge in [0, 0.05) is 30.5 Å². The van der Waals surface area contributed by atoms with Crippen LogP contribution in [0.25, 0.3) is 0 Å². The molecule has 0 spiro atoms. The minimum atomic E-state index is -0.315. The number of carbonyl (C=O) groups is 1. The van der Waals surface area contributed by atoms with Crippen molar-refractivity contribution in [2.45, 2.75) is 46.3 Å². The summed E-state index contributed by atoms with van der Waals surface area (Å²) in [6, 6.07) is 14.2. The van der Waals surface area contributed by atoms with Crippen molar-refractivity contribution in [2.24, 2.45) is 10.6 Å². The van der Waals surface area contributed by atoms with Crippen molar-refractivity contribution in [1.82, 2.24) is 4.90 Å². The molecule has 0 saturated carbocycles. The molecule has 0 unspecified atom stereocenters. The molecule has 0 aromatic heterocycles. The monoisotopic (exact) mass is 412 g/mol. The summed E-state index contributed by atoms with van der Waals surface area (Å²) in [7, 11) is 1.62. The number of hydrogen-bond donors (Lipinski definition) is 0. The zero-order chi connectivity index (χ0) is 21.7. The van der Waals surface area contributed by atoms with Crippen molar-refractivity contribution in [3.05, 3.63) is 65.5 Å². The van der Waals surface area contributed by atoms with Gasteiger partial charge in [-0.25, -0.2) is 4.39 Å². The molecule has 0 fully saturated rings. The summed E-state index contributed by atoms with van der Waals surface area (Å²) < 4.78 is 19.6. The molecule has 0 bridgehead atoms. The molecule has 2 aromatic carbocycles. The smallest absolute Gasteiger partial charge is 0.223 e. The minimum absolute atomic E-state index is 0.0277. The van der Waals surface area contributed by atoms with Crippen LogP contribution >= 0.6 is 0 Å². The molecule has 1 aliphatic heterocycles. The lowest BCUT2D eigenvalue weighted by atomic mass is 9.91. The van der Waals surface area contributed by atoms with Gasteiger partial charge >= 0.3 is 0 Å². The normalized spacial score (nSPS) is 16.0. The molecule has 0 radical (unpaired) electrons. The summed E-state index contributed by atoms with van der Waals surface area (Å²) in [6.07, 6.45) is 0.631. The van der Waals surface area contributed by atoms with E-state index in [2.05, 4.69) is 5.16 Å². The van der Waals surface area contributed by atoms with E-state index in [-0.39, 0.29) is 29.8 Å². The van der Waals surface area contributed by atoms with E-state index in [0.717, 1.165) is 17.0 Å². The van der Waals surface area contributed by atoms with E-state index in [0.29, 0.717) is 24.9 Å². The summed E-state index contributed by atoms with van der Waals surface area (Å²) in [6.45, 7) is 6.58. The van der Waals surface area contributed by atoms with Crippen LogP contribution in [0.3, 0.4) is 0 Å². The fourth-order valence-corrected chi connectivity index (χ4v) is 3.47. The zero-order valence-electron chi connectivity index (χ0n) is 18.0. The number of oxime groups is 1.